The van der Waals surface area contributed by atoms with Crippen molar-refractivity contribution < 1.29 is 19.4 Å². The quantitative estimate of drug-likeness (QED) is 0.303. The lowest BCUT2D eigenvalue weighted by Gasteiger charge is -2.32. The van der Waals surface area contributed by atoms with Crippen LogP contribution < -0.4 is 0 Å². The highest BCUT2D eigenvalue weighted by atomic mass is 16.5. The van der Waals surface area contributed by atoms with E-state index in [9.17, 15) is 14.7 Å². The fraction of sp³-hybridized carbons (Fsp3) is 0.241. The third-order valence-corrected chi connectivity index (χ3v) is 6.78. The maximum atomic E-state index is 12.7. The number of rotatable bonds is 6. The SMILES string of the molecule is COC(=O)c1ccc2c(C(=Nc3ccc(CC(=O)N4CCN(C)CC4)cc3)c3ccncc3)c(O)[nH]c2c1. The van der Waals surface area contributed by atoms with E-state index in [-0.39, 0.29) is 11.8 Å². The van der Waals surface area contributed by atoms with Crippen molar-refractivity contribution in [1.29, 1.82) is 0 Å². The highest BCUT2D eigenvalue weighted by Crippen LogP contribution is 2.32. The van der Waals surface area contributed by atoms with Gasteiger partial charge in [-0.2, -0.15) is 0 Å². The Hall–Kier alpha value is -4.50. The largest absolute Gasteiger partial charge is 0.494 e. The first kappa shape index (κ1) is 25.2. The number of H-pyrrole nitrogens is 1. The lowest BCUT2D eigenvalue weighted by Crippen LogP contribution is -2.47. The van der Waals surface area contributed by atoms with Crippen LogP contribution in [0.3, 0.4) is 0 Å². The Bertz CT molecular complexity index is 1490. The number of piperazine rings is 1. The molecule has 9 heteroatoms. The van der Waals surface area contributed by atoms with E-state index in [0.29, 0.717) is 39.8 Å². The average Bonchev–Trinajstić information content (AvgIpc) is 3.27. The second-order valence-corrected chi connectivity index (χ2v) is 9.32. The number of nitrogens with one attached hydrogen (secondary N) is 1. The van der Waals surface area contributed by atoms with Gasteiger partial charge in [0.15, 0.2) is 5.88 Å². The zero-order valence-electron chi connectivity index (χ0n) is 21.3. The summed E-state index contributed by atoms with van der Waals surface area (Å²) in [6, 6.07) is 16.3. The number of aromatic nitrogens is 2. The number of methoxy groups -OCH3 is 1. The van der Waals surface area contributed by atoms with Gasteiger partial charge in [-0.05, 0) is 49.0 Å². The molecule has 2 aromatic heterocycles. The minimum Gasteiger partial charge on any atom is -0.494 e. The molecule has 2 N–H and O–H groups in total. The van der Waals surface area contributed by atoms with Crippen LogP contribution in [0, 0.1) is 0 Å². The van der Waals surface area contributed by atoms with Crippen LogP contribution in [0.25, 0.3) is 10.9 Å². The van der Waals surface area contributed by atoms with Gasteiger partial charge in [0.2, 0.25) is 5.91 Å². The van der Waals surface area contributed by atoms with Crippen LogP contribution >= 0.6 is 0 Å². The number of nitrogens with zero attached hydrogens (tertiary/aromatic N) is 4. The monoisotopic (exact) mass is 511 g/mol. The topological polar surface area (TPSA) is 111 Å². The maximum absolute atomic E-state index is 12.7. The second-order valence-electron chi connectivity index (χ2n) is 9.32. The summed E-state index contributed by atoms with van der Waals surface area (Å²) in [5.41, 5.74) is 4.37. The molecule has 2 aromatic carbocycles. The molecule has 9 nitrogen and oxygen atoms in total. The lowest BCUT2D eigenvalue weighted by molar-refractivity contribution is -0.132. The van der Waals surface area contributed by atoms with Gasteiger partial charge >= 0.3 is 5.97 Å². The van der Waals surface area contributed by atoms with E-state index < -0.39 is 5.97 Å². The van der Waals surface area contributed by atoms with E-state index in [0.717, 1.165) is 37.3 Å². The molecule has 0 spiro atoms. The number of fused-ring (bicyclic) bond motifs is 1. The molecule has 0 saturated carbocycles. The van der Waals surface area contributed by atoms with Gasteiger partial charge in [-0.3, -0.25) is 9.78 Å². The number of likely N-dealkylation sites (N-methyl/N-ethyl adjacent to an activating group) is 1. The standard InChI is InChI=1S/C29H29N5O4/c1-33-13-15-34(16-14-33)25(35)17-19-3-6-22(7-4-19)31-27(20-9-11-30-12-10-20)26-23-8-5-21(29(37)38-2)18-24(23)32-28(26)36/h3-12,18,32,36H,13-17H2,1-2H3. The normalized spacial score (nSPS) is 14.6. The summed E-state index contributed by atoms with van der Waals surface area (Å²) in [5, 5.41) is 11.6. The molecule has 1 amide bonds. The summed E-state index contributed by atoms with van der Waals surface area (Å²) in [7, 11) is 3.39. The average molecular weight is 512 g/mol. The zero-order valence-corrected chi connectivity index (χ0v) is 21.3. The predicted octanol–water partition coefficient (Wildman–Crippen LogP) is 3.54. The molecule has 5 rings (SSSR count). The maximum Gasteiger partial charge on any atom is 0.337 e. The Morgan fingerprint density at radius 2 is 1.71 bits per heavy atom. The van der Waals surface area contributed by atoms with Crippen molar-refractivity contribution in [1.82, 2.24) is 19.8 Å². The van der Waals surface area contributed by atoms with Crippen LogP contribution in [0.1, 0.15) is 27.0 Å². The molecular weight excluding hydrogens is 482 g/mol. The first-order chi connectivity index (χ1) is 18.4. The van der Waals surface area contributed by atoms with Gasteiger partial charge in [0, 0.05) is 55.0 Å². The van der Waals surface area contributed by atoms with E-state index >= 15 is 0 Å². The van der Waals surface area contributed by atoms with Crippen molar-refractivity contribution in [3.63, 3.8) is 0 Å². The third kappa shape index (κ3) is 5.28. The van der Waals surface area contributed by atoms with Crippen molar-refractivity contribution in [2.75, 3.05) is 40.3 Å². The number of aliphatic imine (C=N–C) groups is 1. The summed E-state index contributed by atoms with van der Waals surface area (Å²) in [4.78, 5) is 40.8. The first-order valence-electron chi connectivity index (χ1n) is 12.4. The van der Waals surface area contributed by atoms with E-state index in [2.05, 4.69) is 21.9 Å². The molecule has 3 heterocycles. The van der Waals surface area contributed by atoms with Crippen LogP contribution in [-0.4, -0.2) is 82.8 Å². The number of esters is 1. The third-order valence-electron chi connectivity index (χ3n) is 6.78. The summed E-state index contributed by atoms with van der Waals surface area (Å²) >= 11 is 0. The lowest BCUT2D eigenvalue weighted by atomic mass is 10.0. The van der Waals surface area contributed by atoms with Gasteiger partial charge < -0.3 is 24.6 Å². The number of hydrogen-bond acceptors (Lipinski definition) is 7. The molecule has 38 heavy (non-hydrogen) atoms. The van der Waals surface area contributed by atoms with Gasteiger partial charge in [0.05, 0.1) is 36.1 Å². The van der Waals surface area contributed by atoms with Crippen LogP contribution in [0.2, 0.25) is 0 Å². The molecule has 1 fully saturated rings. The van der Waals surface area contributed by atoms with Gasteiger partial charge in [0.1, 0.15) is 0 Å². The highest BCUT2D eigenvalue weighted by Gasteiger charge is 2.21. The molecule has 194 valence electrons. The zero-order chi connectivity index (χ0) is 26.6. The Labute approximate surface area is 220 Å². The molecule has 0 unspecified atom stereocenters. The van der Waals surface area contributed by atoms with Gasteiger partial charge in [-0.25, -0.2) is 9.79 Å². The molecule has 1 aliphatic heterocycles. The number of pyridine rings is 1. The molecule has 4 aromatic rings. The van der Waals surface area contributed by atoms with Crippen LogP contribution in [0.5, 0.6) is 5.88 Å². The summed E-state index contributed by atoms with van der Waals surface area (Å²) in [6.07, 6.45) is 3.68. The Morgan fingerprint density at radius 3 is 2.39 bits per heavy atom. The number of aromatic hydroxyl groups is 1. The Balaban J connectivity index is 1.47. The number of carbonyl (C=O) groups is 2. The minimum atomic E-state index is -0.461. The molecule has 0 aliphatic carbocycles. The number of amides is 1. The number of ether oxygens (including phenoxy) is 1. The number of benzene rings is 2. The molecule has 0 bridgehead atoms. The van der Waals surface area contributed by atoms with Crippen molar-refractivity contribution >= 4 is 34.2 Å². The fourth-order valence-corrected chi connectivity index (χ4v) is 4.60. The first-order valence-corrected chi connectivity index (χ1v) is 12.4. The predicted molar refractivity (Wildman–Crippen MR) is 145 cm³/mol. The molecule has 0 atom stereocenters. The van der Waals surface area contributed by atoms with E-state index in [4.69, 9.17) is 9.73 Å². The van der Waals surface area contributed by atoms with Crippen molar-refractivity contribution in [3.05, 3.63) is 89.2 Å². The summed E-state index contributed by atoms with van der Waals surface area (Å²) < 4.78 is 4.82. The summed E-state index contributed by atoms with van der Waals surface area (Å²) in [6.45, 7) is 3.29. The second kappa shape index (κ2) is 10.9. The van der Waals surface area contributed by atoms with Crippen molar-refractivity contribution in [3.8, 4) is 5.88 Å². The smallest absolute Gasteiger partial charge is 0.337 e. The van der Waals surface area contributed by atoms with Crippen molar-refractivity contribution in [2.45, 2.75) is 6.42 Å². The molecule has 1 aliphatic rings. The van der Waals surface area contributed by atoms with Crippen LogP contribution in [0.4, 0.5) is 5.69 Å². The van der Waals surface area contributed by atoms with Gasteiger partial charge in [0.25, 0.3) is 0 Å². The Morgan fingerprint density at radius 1 is 1.00 bits per heavy atom. The number of hydrogen-bond donors (Lipinski definition) is 2. The van der Waals surface area contributed by atoms with E-state index in [1.165, 1.54) is 7.11 Å². The Kier molecular flexibility index (Phi) is 7.19. The van der Waals surface area contributed by atoms with Crippen LogP contribution in [-0.2, 0) is 16.0 Å². The van der Waals surface area contributed by atoms with Crippen LogP contribution in [0.15, 0.2) is 72.0 Å². The van der Waals surface area contributed by atoms with Crippen molar-refractivity contribution in [2.24, 2.45) is 4.99 Å². The molecular formula is C29H29N5O4. The number of carbonyl (C=O) groups excluding carboxylic acids is 2. The summed E-state index contributed by atoms with van der Waals surface area (Å²) in [5.74, 6) is -0.398. The highest BCUT2D eigenvalue weighted by molar-refractivity contribution is 6.22. The minimum absolute atomic E-state index is 0.0630. The van der Waals surface area contributed by atoms with E-state index in [1.54, 1.807) is 30.6 Å². The van der Waals surface area contributed by atoms with Gasteiger partial charge in [-0.1, -0.05) is 18.2 Å². The number of aromatic amines is 1. The fourth-order valence-electron chi connectivity index (χ4n) is 4.60. The molecule has 1 saturated heterocycles. The molecule has 0 radical (unpaired) electrons. The van der Waals surface area contributed by atoms with E-state index in [1.807, 2.05) is 41.3 Å². The van der Waals surface area contributed by atoms with Gasteiger partial charge in [-0.15, -0.1) is 0 Å².